The van der Waals surface area contributed by atoms with Crippen LogP contribution in [0.15, 0.2) is 48.0 Å². The van der Waals surface area contributed by atoms with Gasteiger partial charge in [-0.3, -0.25) is 9.59 Å². The highest BCUT2D eigenvalue weighted by atomic mass is 19.4. The lowest BCUT2D eigenvalue weighted by atomic mass is 9.83. The number of hydrogen-bond acceptors (Lipinski definition) is 4. The third-order valence-corrected chi connectivity index (χ3v) is 8.24. The van der Waals surface area contributed by atoms with Crippen molar-refractivity contribution in [1.82, 2.24) is 5.32 Å². The number of carbonyl (C=O) groups is 2. The van der Waals surface area contributed by atoms with Crippen LogP contribution in [0.1, 0.15) is 74.4 Å². The predicted octanol–water partition coefficient (Wildman–Crippen LogP) is 6.68. The SMILES string of the molecule is CCC/C=C1\C2CCC1[C@H](C(=O)Nc1ccc(F)c(C(F)(F)F)c1)[C@@H]2NC(=O)c1cc(CCC(C)(C)O)ccc1OC. The van der Waals surface area contributed by atoms with Gasteiger partial charge in [-0.25, -0.2) is 4.39 Å². The highest BCUT2D eigenvalue weighted by Crippen LogP contribution is 2.53. The van der Waals surface area contributed by atoms with Gasteiger partial charge in [0.25, 0.3) is 5.91 Å². The van der Waals surface area contributed by atoms with E-state index in [1.54, 1.807) is 26.0 Å². The first-order valence-electron chi connectivity index (χ1n) is 14.3. The molecule has 0 radical (unpaired) electrons. The Morgan fingerprint density at radius 3 is 2.45 bits per heavy atom. The van der Waals surface area contributed by atoms with Crippen molar-refractivity contribution in [2.24, 2.45) is 17.8 Å². The van der Waals surface area contributed by atoms with Crippen LogP contribution in [-0.4, -0.2) is 35.7 Å². The molecule has 0 aromatic heterocycles. The van der Waals surface area contributed by atoms with E-state index in [2.05, 4.69) is 16.7 Å². The molecule has 228 valence electrons. The lowest BCUT2D eigenvalue weighted by molar-refractivity contribution is -0.140. The molecule has 0 spiro atoms. The molecule has 2 aromatic rings. The van der Waals surface area contributed by atoms with Crippen LogP contribution < -0.4 is 15.4 Å². The molecule has 0 saturated heterocycles. The molecule has 2 aromatic carbocycles. The molecule has 2 bridgehead atoms. The minimum absolute atomic E-state index is 0.0930. The molecule has 0 heterocycles. The maximum absolute atomic E-state index is 13.8. The summed E-state index contributed by atoms with van der Waals surface area (Å²) >= 11 is 0. The van der Waals surface area contributed by atoms with Gasteiger partial charge in [0, 0.05) is 17.6 Å². The van der Waals surface area contributed by atoms with Crippen LogP contribution in [0.4, 0.5) is 23.2 Å². The van der Waals surface area contributed by atoms with Crippen molar-refractivity contribution < 1.29 is 37.0 Å². The number of ether oxygens (including phenoxy) is 1. The summed E-state index contributed by atoms with van der Waals surface area (Å²) in [5.74, 6) is -3.01. The minimum Gasteiger partial charge on any atom is -0.496 e. The van der Waals surface area contributed by atoms with Gasteiger partial charge in [-0.15, -0.1) is 0 Å². The number of halogens is 4. The molecule has 6 nitrogen and oxygen atoms in total. The molecule has 2 aliphatic carbocycles. The van der Waals surface area contributed by atoms with Crippen molar-refractivity contribution >= 4 is 17.5 Å². The first kappa shape index (κ1) is 31.5. The summed E-state index contributed by atoms with van der Waals surface area (Å²) in [6.07, 6.45) is 1.43. The van der Waals surface area contributed by atoms with Gasteiger partial charge in [0.15, 0.2) is 0 Å². The number of aryl methyl sites for hydroxylation is 1. The normalized spacial score (nSPS) is 22.8. The summed E-state index contributed by atoms with van der Waals surface area (Å²) in [7, 11) is 1.46. The van der Waals surface area contributed by atoms with Crippen molar-refractivity contribution in [3.63, 3.8) is 0 Å². The maximum Gasteiger partial charge on any atom is 0.419 e. The Balaban J connectivity index is 1.62. The van der Waals surface area contributed by atoms with Crippen molar-refractivity contribution in [1.29, 1.82) is 0 Å². The predicted molar refractivity (Wildman–Crippen MR) is 152 cm³/mol. The molecular weight excluding hydrogens is 552 g/mol. The zero-order valence-electron chi connectivity index (χ0n) is 24.3. The van der Waals surface area contributed by atoms with Gasteiger partial charge in [0.05, 0.1) is 29.8 Å². The number of hydrogen-bond donors (Lipinski definition) is 3. The third-order valence-electron chi connectivity index (χ3n) is 8.24. The Bertz CT molecular complexity index is 1350. The lowest BCUT2D eigenvalue weighted by Gasteiger charge is -2.30. The number of allylic oxidation sites excluding steroid dienone is 1. The standard InChI is InChI=1S/C32H38F4N2O4/c1-5-6-7-20-21-10-11-22(20)28(27(21)30(40)37-19-9-12-25(33)24(17-19)32(34,35)36)38-29(39)23-16-18(8-13-26(23)42-4)14-15-31(2,3)41/h7-9,12-13,16-17,21-22,27-28,41H,5-6,10-11,14-15H2,1-4H3,(H,37,40)(H,38,39)/b20-7-/t21?,22?,27-,28+/m0/s1. The van der Waals surface area contributed by atoms with Gasteiger partial charge in [0.1, 0.15) is 11.6 Å². The second-order valence-electron chi connectivity index (χ2n) is 11.8. The van der Waals surface area contributed by atoms with Crippen molar-refractivity contribution in [3.8, 4) is 5.75 Å². The zero-order chi connectivity index (χ0) is 30.8. The van der Waals surface area contributed by atoms with Crippen LogP contribution >= 0.6 is 0 Å². The molecule has 10 heteroatoms. The number of carbonyl (C=O) groups excluding carboxylic acids is 2. The van der Waals surface area contributed by atoms with Crippen molar-refractivity contribution in [2.75, 3.05) is 12.4 Å². The Hall–Kier alpha value is -3.40. The average molecular weight is 591 g/mol. The summed E-state index contributed by atoms with van der Waals surface area (Å²) in [6.45, 7) is 5.47. The van der Waals surface area contributed by atoms with Crippen LogP contribution in [0.2, 0.25) is 0 Å². The quantitative estimate of drug-likeness (QED) is 0.213. The van der Waals surface area contributed by atoms with E-state index in [4.69, 9.17) is 4.74 Å². The Kier molecular flexibility index (Phi) is 9.35. The lowest BCUT2D eigenvalue weighted by Crippen LogP contribution is -2.48. The summed E-state index contributed by atoms with van der Waals surface area (Å²) < 4.78 is 59.2. The second-order valence-corrected chi connectivity index (χ2v) is 11.8. The number of unbranched alkanes of at least 4 members (excludes halogenated alkanes) is 1. The van der Waals surface area contributed by atoms with E-state index in [9.17, 15) is 32.3 Å². The Morgan fingerprint density at radius 1 is 1.10 bits per heavy atom. The van der Waals surface area contributed by atoms with Crippen LogP contribution in [0.25, 0.3) is 0 Å². The molecule has 3 N–H and O–H groups in total. The van der Waals surface area contributed by atoms with Crippen LogP contribution in [0, 0.1) is 23.6 Å². The monoisotopic (exact) mass is 590 g/mol. The third kappa shape index (κ3) is 6.97. The number of fused-ring (bicyclic) bond motifs is 2. The molecule has 2 unspecified atom stereocenters. The molecule has 42 heavy (non-hydrogen) atoms. The summed E-state index contributed by atoms with van der Waals surface area (Å²) in [6, 6.07) is 7.02. The van der Waals surface area contributed by atoms with Gasteiger partial charge >= 0.3 is 6.18 Å². The van der Waals surface area contributed by atoms with E-state index in [1.807, 2.05) is 13.0 Å². The van der Waals surface area contributed by atoms with E-state index in [1.165, 1.54) is 7.11 Å². The molecule has 2 aliphatic rings. The topological polar surface area (TPSA) is 87.7 Å². The first-order chi connectivity index (χ1) is 19.7. The molecule has 4 atom stereocenters. The van der Waals surface area contributed by atoms with E-state index >= 15 is 0 Å². The summed E-state index contributed by atoms with van der Waals surface area (Å²) in [4.78, 5) is 27.3. The number of benzene rings is 2. The van der Waals surface area contributed by atoms with Crippen molar-refractivity contribution in [3.05, 3.63) is 70.6 Å². The van der Waals surface area contributed by atoms with Crippen LogP contribution in [-0.2, 0) is 17.4 Å². The van der Waals surface area contributed by atoms with Crippen molar-refractivity contribution in [2.45, 2.75) is 77.1 Å². The van der Waals surface area contributed by atoms with Gasteiger partial charge in [0.2, 0.25) is 5.91 Å². The van der Waals surface area contributed by atoms with E-state index in [-0.39, 0.29) is 17.5 Å². The maximum atomic E-state index is 13.8. The van der Waals surface area contributed by atoms with Gasteiger partial charge in [-0.1, -0.05) is 31.1 Å². The average Bonchev–Trinajstić information content (AvgIpc) is 3.45. The zero-order valence-corrected chi connectivity index (χ0v) is 24.3. The number of rotatable bonds is 10. The van der Waals surface area contributed by atoms with E-state index in [0.717, 1.165) is 42.9 Å². The molecule has 0 aliphatic heterocycles. The fraction of sp³-hybridized carbons (Fsp3) is 0.500. The summed E-state index contributed by atoms with van der Waals surface area (Å²) in [5, 5.41) is 15.7. The van der Waals surface area contributed by atoms with Gasteiger partial charge < -0.3 is 20.5 Å². The van der Waals surface area contributed by atoms with Crippen LogP contribution in [0.3, 0.4) is 0 Å². The van der Waals surface area contributed by atoms with E-state index in [0.29, 0.717) is 36.3 Å². The molecule has 4 rings (SSSR count). The number of amides is 2. The Morgan fingerprint density at radius 2 is 1.81 bits per heavy atom. The smallest absolute Gasteiger partial charge is 0.419 e. The highest BCUT2D eigenvalue weighted by Gasteiger charge is 2.54. The molecule has 2 amide bonds. The molecule has 2 saturated carbocycles. The molecule has 2 fully saturated rings. The largest absolute Gasteiger partial charge is 0.496 e. The fourth-order valence-corrected chi connectivity index (χ4v) is 6.21. The number of nitrogens with one attached hydrogen (secondary N) is 2. The highest BCUT2D eigenvalue weighted by molar-refractivity contribution is 5.99. The minimum atomic E-state index is -4.91. The summed E-state index contributed by atoms with van der Waals surface area (Å²) in [5.41, 5.74) is -0.285. The number of alkyl halides is 3. The van der Waals surface area contributed by atoms with Crippen LogP contribution in [0.5, 0.6) is 5.75 Å². The first-order valence-corrected chi connectivity index (χ1v) is 14.3. The van der Waals surface area contributed by atoms with E-state index < -0.39 is 46.9 Å². The fourth-order valence-electron chi connectivity index (χ4n) is 6.21. The molecular formula is C32H38F4N2O4. The number of aliphatic hydroxyl groups is 1. The number of methoxy groups -OCH3 is 1. The van der Waals surface area contributed by atoms with Gasteiger partial charge in [-0.05, 0) is 87.8 Å². The Labute approximate surface area is 243 Å². The van der Waals surface area contributed by atoms with Gasteiger partial charge in [-0.2, -0.15) is 13.2 Å². The second kappa shape index (κ2) is 12.5. The number of anilines is 1.